The van der Waals surface area contributed by atoms with E-state index in [-0.39, 0.29) is 0 Å². The van der Waals surface area contributed by atoms with Crippen LogP contribution in [0, 0.1) is 0 Å². The molecule has 3 nitrogen and oxygen atoms in total. The highest BCUT2D eigenvalue weighted by atomic mass is 35.5. The first kappa shape index (κ1) is 19.0. The maximum Gasteiger partial charge on any atom is 0.0603 e. The summed E-state index contributed by atoms with van der Waals surface area (Å²) in [6.07, 6.45) is 3.20. The monoisotopic (exact) mass is 419 g/mol. The molecule has 1 N–H and O–H groups in total. The minimum Gasteiger partial charge on any atom is -0.368 e. The molecule has 0 atom stereocenters. The molecule has 1 aromatic heterocycles. The molecule has 1 saturated heterocycles. The number of anilines is 1. The topological polar surface area (TPSA) is 22.3 Å². The van der Waals surface area contributed by atoms with Gasteiger partial charge in [0.05, 0.1) is 10.0 Å². The molecular formula is C21H23Cl2N3S. The van der Waals surface area contributed by atoms with E-state index in [1.165, 1.54) is 27.9 Å². The maximum atomic E-state index is 6.08. The molecule has 0 bridgehead atoms. The lowest BCUT2D eigenvalue weighted by atomic mass is 10.1. The number of H-pyrrole nitrogens is 1. The van der Waals surface area contributed by atoms with Gasteiger partial charge >= 0.3 is 0 Å². The first-order chi connectivity index (χ1) is 13.2. The lowest BCUT2D eigenvalue weighted by Crippen LogP contribution is -2.46. The first-order valence-electron chi connectivity index (χ1n) is 9.32. The molecular weight excluding hydrogens is 397 g/mol. The van der Waals surface area contributed by atoms with E-state index in [0.29, 0.717) is 10.0 Å². The Bertz CT molecular complexity index is 903. The van der Waals surface area contributed by atoms with Crippen molar-refractivity contribution < 1.29 is 0 Å². The molecule has 2 heterocycles. The van der Waals surface area contributed by atoms with Gasteiger partial charge in [0, 0.05) is 53.9 Å². The Kier molecular flexibility index (Phi) is 6.18. The van der Waals surface area contributed by atoms with Crippen molar-refractivity contribution in [1.82, 2.24) is 9.88 Å². The van der Waals surface area contributed by atoms with Crippen molar-refractivity contribution in [2.24, 2.45) is 0 Å². The molecule has 27 heavy (non-hydrogen) atoms. The van der Waals surface area contributed by atoms with Gasteiger partial charge in [-0.25, -0.2) is 0 Å². The number of aromatic amines is 1. The van der Waals surface area contributed by atoms with Crippen LogP contribution in [-0.2, 0) is 0 Å². The summed E-state index contributed by atoms with van der Waals surface area (Å²) in [5, 5.41) is 2.58. The Morgan fingerprint density at radius 1 is 0.963 bits per heavy atom. The number of aromatic nitrogens is 1. The third-order valence-electron chi connectivity index (χ3n) is 5.06. The van der Waals surface area contributed by atoms with Crippen molar-refractivity contribution in [3.05, 3.63) is 58.7 Å². The zero-order valence-corrected chi connectivity index (χ0v) is 17.5. The average Bonchev–Trinajstić information content (AvgIpc) is 3.17. The fraction of sp³-hybridized carbons (Fsp3) is 0.333. The maximum absolute atomic E-state index is 6.08. The number of nitrogens with one attached hydrogen (secondary N) is 1. The quantitative estimate of drug-likeness (QED) is 0.404. The summed E-state index contributed by atoms with van der Waals surface area (Å²) in [6.45, 7) is 5.57. The van der Waals surface area contributed by atoms with Crippen molar-refractivity contribution in [3.8, 4) is 0 Å². The van der Waals surface area contributed by atoms with E-state index in [2.05, 4.69) is 39.0 Å². The highest BCUT2D eigenvalue weighted by molar-refractivity contribution is 7.99. The molecule has 0 spiro atoms. The Balaban J connectivity index is 1.23. The molecule has 1 aliphatic heterocycles. The highest BCUT2D eigenvalue weighted by Gasteiger charge is 2.18. The molecule has 4 rings (SSSR count). The van der Waals surface area contributed by atoms with Crippen LogP contribution in [0.5, 0.6) is 0 Å². The van der Waals surface area contributed by atoms with Gasteiger partial charge in [-0.05, 0) is 55.1 Å². The average molecular weight is 420 g/mol. The Hall–Kier alpha value is -1.33. The SMILES string of the molecule is Clc1ccc(SCCCN2CCN(c3cccc4[nH]ccc34)CC2)cc1Cl. The molecule has 0 aliphatic carbocycles. The van der Waals surface area contributed by atoms with Gasteiger partial charge in [-0.3, -0.25) is 4.90 Å². The lowest BCUT2D eigenvalue weighted by molar-refractivity contribution is 0.259. The van der Waals surface area contributed by atoms with Gasteiger partial charge in [-0.15, -0.1) is 11.8 Å². The van der Waals surface area contributed by atoms with E-state index in [9.17, 15) is 0 Å². The van der Waals surface area contributed by atoms with Crippen LogP contribution in [0.15, 0.2) is 53.6 Å². The molecule has 0 radical (unpaired) electrons. The van der Waals surface area contributed by atoms with Crippen LogP contribution in [0.3, 0.4) is 0 Å². The molecule has 1 aliphatic rings. The van der Waals surface area contributed by atoms with Gasteiger partial charge < -0.3 is 9.88 Å². The Labute approximate surface area is 174 Å². The lowest BCUT2D eigenvalue weighted by Gasteiger charge is -2.36. The second kappa shape index (κ2) is 8.78. The molecule has 3 aromatic rings. The van der Waals surface area contributed by atoms with E-state index in [1.54, 1.807) is 0 Å². The Morgan fingerprint density at radius 3 is 2.63 bits per heavy atom. The van der Waals surface area contributed by atoms with Crippen molar-refractivity contribution in [3.63, 3.8) is 0 Å². The number of piperazine rings is 1. The van der Waals surface area contributed by atoms with Crippen LogP contribution < -0.4 is 4.90 Å². The van der Waals surface area contributed by atoms with Gasteiger partial charge in [0.15, 0.2) is 0 Å². The van der Waals surface area contributed by atoms with Gasteiger partial charge in [-0.2, -0.15) is 0 Å². The minimum absolute atomic E-state index is 0.620. The van der Waals surface area contributed by atoms with Crippen molar-refractivity contribution in [2.75, 3.05) is 43.4 Å². The van der Waals surface area contributed by atoms with Crippen LogP contribution in [0.25, 0.3) is 10.9 Å². The molecule has 6 heteroatoms. The van der Waals surface area contributed by atoms with Crippen LogP contribution in [0.2, 0.25) is 10.0 Å². The second-order valence-electron chi connectivity index (χ2n) is 6.82. The number of hydrogen-bond donors (Lipinski definition) is 1. The number of fused-ring (bicyclic) bond motifs is 1. The van der Waals surface area contributed by atoms with Crippen LogP contribution in [0.1, 0.15) is 6.42 Å². The van der Waals surface area contributed by atoms with Crippen molar-refractivity contribution in [1.29, 1.82) is 0 Å². The second-order valence-corrected chi connectivity index (χ2v) is 8.81. The summed E-state index contributed by atoms with van der Waals surface area (Å²) < 4.78 is 0. The molecule has 0 amide bonds. The summed E-state index contributed by atoms with van der Waals surface area (Å²) in [6, 6.07) is 14.6. The van der Waals surface area contributed by atoms with Gasteiger partial charge in [-0.1, -0.05) is 29.3 Å². The fourth-order valence-electron chi connectivity index (χ4n) is 3.60. The highest BCUT2D eigenvalue weighted by Crippen LogP contribution is 2.29. The molecule has 0 saturated carbocycles. The predicted octanol–water partition coefficient (Wildman–Crippen LogP) is 5.78. The number of hydrogen-bond acceptors (Lipinski definition) is 3. The third kappa shape index (κ3) is 4.57. The smallest absolute Gasteiger partial charge is 0.0603 e. The van der Waals surface area contributed by atoms with Crippen LogP contribution in [0.4, 0.5) is 5.69 Å². The van der Waals surface area contributed by atoms with Crippen molar-refractivity contribution >= 4 is 51.6 Å². The summed E-state index contributed by atoms with van der Waals surface area (Å²) in [7, 11) is 0. The summed E-state index contributed by atoms with van der Waals surface area (Å²) >= 11 is 13.9. The predicted molar refractivity (Wildman–Crippen MR) is 119 cm³/mol. The van der Waals surface area contributed by atoms with Crippen molar-refractivity contribution in [2.45, 2.75) is 11.3 Å². The van der Waals surface area contributed by atoms with E-state index < -0.39 is 0 Å². The van der Waals surface area contributed by atoms with E-state index in [0.717, 1.165) is 38.5 Å². The van der Waals surface area contributed by atoms with Crippen LogP contribution >= 0.6 is 35.0 Å². The van der Waals surface area contributed by atoms with Gasteiger partial charge in [0.25, 0.3) is 0 Å². The number of halogens is 2. The minimum atomic E-state index is 0.620. The fourth-order valence-corrected chi connectivity index (χ4v) is 4.84. The number of nitrogens with zero attached hydrogens (tertiary/aromatic N) is 2. The molecule has 2 aromatic carbocycles. The van der Waals surface area contributed by atoms with Gasteiger partial charge in [0.2, 0.25) is 0 Å². The number of benzene rings is 2. The zero-order chi connectivity index (χ0) is 18.6. The summed E-state index contributed by atoms with van der Waals surface area (Å²) in [5.74, 6) is 1.10. The van der Waals surface area contributed by atoms with E-state index in [4.69, 9.17) is 23.2 Å². The Morgan fingerprint density at radius 2 is 1.81 bits per heavy atom. The summed E-state index contributed by atoms with van der Waals surface area (Å²) in [4.78, 5) is 9.58. The standard InChI is InChI=1S/C21H23Cl2N3S/c22-18-6-5-16(15-19(18)23)27-14-2-9-25-10-12-26(13-11-25)21-4-1-3-20-17(21)7-8-24-20/h1,3-8,15,24H,2,9-14H2. The van der Waals surface area contributed by atoms with E-state index in [1.807, 2.05) is 36.2 Å². The molecule has 142 valence electrons. The zero-order valence-electron chi connectivity index (χ0n) is 15.1. The van der Waals surface area contributed by atoms with E-state index >= 15 is 0 Å². The third-order valence-corrected chi connectivity index (χ3v) is 6.88. The number of rotatable bonds is 6. The normalized spacial score (nSPS) is 15.6. The van der Waals surface area contributed by atoms with Gasteiger partial charge in [0.1, 0.15) is 0 Å². The molecule has 0 unspecified atom stereocenters. The largest absolute Gasteiger partial charge is 0.368 e. The first-order valence-corrected chi connectivity index (χ1v) is 11.1. The van der Waals surface area contributed by atoms with Crippen LogP contribution in [-0.4, -0.2) is 48.4 Å². The molecule has 1 fully saturated rings. The summed E-state index contributed by atoms with van der Waals surface area (Å²) in [5.41, 5.74) is 2.57. The number of thioether (sulfide) groups is 1.